The van der Waals surface area contributed by atoms with Crippen LogP contribution in [0.15, 0.2) is 35.3 Å². The van der Waals surface area contributed by atoms with Crippen molar-refractivity contribution in [2.45, 2.75) is 19.4 Å². The van der Waals surface area contributed by atoms with E-state index in [2.05, 4.69) is 18.8 Å². The van der Waals surface area contributed by atoms with E-state index in [1.54, 1.807) is 14.2 Å². The van der Waals surface area contributed by atoms with Crippen molar-refractivity contribution in [1.29, 1.82) is 0 Å². The third-order valence-electron chi connectivity index (χ3n) is 3.58. The van der Waals surface area contributed by atoms with Gasteiger partial charge in [0.15, 0.2) is 0 Å². The van der Waals surface area contributed by atoms with Gasteiger partial charge >= 0.3 is 0 Å². The number of hydrogen-bond donors (Lipinski definition) is 0. The predicted molar refractivity (Wildman–Crippen MR) is 83.6 cm³/mol. The molecule has 0 atom stereocenters. The third-order valence-corrected chi connectivity index (χ3v) is 3.58. The number of hydrogen-bond acceptors (Lipinski definition) is 4. The maximum atomic E-state index is 5.74. The van der Waals surface area contributed by atoms with E-state index in [9.17, 15) is 0 Å². The second kappa shape index (κ2) is 4.95. The molecular formula is C17H19NO3. The van der Waals surface area contributed by atoms with Gasteiger partial charge in [0.25, 0.3) is 0 Å². The summed E-state index contributed by atoms with van der Waals surface area (Å²) in [6.45, 7) is 4.70. The molecule has 21 heavy (non-hydrogen) atoms. The highest BCUT2D eigenvalue weighted by molar-refractivity contribution is 6.04. The molecule has 2 aromatic rings. The van der Waals surface area contributed by atoms with Gasteiger partial charge in [-0.05, 0) is 43.5 Å². The average Bonchev–Trinajstić information content (AvgIpc) is 2.85. The summed E-state index contributed by atoms with van der Waals surface area (Å²) in [4.78, 5) is 4.63. The number of rotatable bonds is 3. The van der Waals surface area contributed by atoms with Crippen molar-refractivity contribution < 1.29 is 14.2 Å². The van der Waals surface area contributed by atoms with Crippen LogP contribution < -0.4 is 9.47 Å². The largest absolute Gasteiger partial charge is 0.497 e. The van der Waals surface area contributed by atoms with Crippen LogP contribution in [0.4, 0.5) is 0 Å². The van der Waals surface area contributed by atoms with E-state index in [-0.39, 0.29) is 5.54 Å². The second-order valence-electron chi connectivity index (χ2n) is 5.75. The number of fused-ring (bicyclic) bond motifs is 1. The lowest BCUT2D eigenvalue weighted by atomic mass is 10.0. The highest BCUT2D eigenvalue weighted by atomic mass is 16.5. The molecule has 110 valence electrons. The molecule has 0 radical (unpaired) electrons. The molecule has 4 heteroatoms. The number of aliphatic imine (C=N–C) groups is 1. The van der Waals surface area contributed by atoms with Gasteiger partial charge in [0, 0.05) is 5.39 Å². The fourth-order valence-electron chi connectivity index (χ4n) is 2.52. The van der Waals surface area contributed by atoms with E-state index in [1.165, 1.54) is 0 Å². The maximum Gasteiger partial charge on any atom is 0.220 e. The molecule has 0 aliphatic carbocycles. The van der Waals surface area contributed by atoms with Gasteiger partial charge in [0.2, 0.25) is 5.90 Å². The van der Waals surface area contributed by atoms with Gasteiger partial charge < -0.3 is 14.2 Å². The van der Waals surface area contributed by atoms with Crippen molar-refractivity contribution in [2.24, 2.45) is 4.99 Å². The Morgan fingerprint density at radius 1 is 1.10 bits per heavy atom. The Hall–Kier alpha value is -2.23. The van der Waals surface area contributed by atoms with Crippen LogP contribution in [0.2, 0.25) is 0 Å². The molecular weight excluding hydrogens is 266 g/mol. The Kier molecular flexibility index (Phi) is 3.24. The molecule has 0 bridgehead atoms. The molecule has 0 spiro atoms. The molecule has 0 aromatic heterocycles. The SMILES string of the molecule is COc1ccc2c(OC)c(C3=NC(C)(C)CO3)ccc2c1. The van der Waals surface area contributed by atoms with Gasteiger partial charge in [-0.15, -0.1) is 0 Å². The van der Waals surface area contributed by atoms with Gasteiger partial charge in [0.1, 0.15) is 18.1 Å². The second-order valence-corrected chi connectivity index (χ2v) is 5.75. The van der Waals surface area contributed by atoms with E-state index in [4.69, 9.17) is 14.2 Å². The summed E-state index contributed by atoms with van der Waals surface area (Å²) in [6, 6.07) is 9.93. The lowest BCUT2D eigenvalue weighted by molar-refractivity contribution is 0.278. The topological polar surface area (TPSA) is 40.0 Å². The molecule has 4 nitrogen and oxygen atoms in total. The zero-order chi connectivity index (χ0) is 15.0. The molecule has 0 amide bonds. The molecule has 1 aliphatic heterocycles. The lowest BCUT2D eigenvalue weighted by Gasteiger charge is -2.12. The van der Waals surface area contributed by atoms with Crippen molar-refractivity contribution in [3.63, 3.8) is 0 Å². The molecule has 0 saturated heterocycles. The summed E-state index contributed by atoms with van der Waals surface area (Å²) in [5.41, 5.74) is 0.704. The third kappa shape index (κ3) is 2.42. The van der Waals surface area contributed by atoms with Crippen molar-refractivity contribution in [1.82, 2.24) is 0 Å². The number of methoxy groups -OCH3 is 2. The number of nitrogens with zero attached hydrogens (tertiary/aromatic N) is 1. The van der Waals surface area contributed by atoms with Crippen LogP contribution in [0.5, 0.6) is 11.5 Å². The van der Waals surface area contributed by atoms with Crippen molar-refractivity contribution in [3.05, 3.63) is 35.9 Å². The first kappa shape index (κ1) is 13.7. The van der Waals surface area contributed by atoms with Gasteiger partial charge in [0.05, 0.1) is 25.3 Å². The minimum absolute atomic E-state index is 0.185. The Morgan fingerprint density at radius 3 is 2.52 bits per heavy atom. The Labute approximate surface area is 124 Å². The maximum absolute atomic E-state index is 5.74. The minimum atomic E-state index is -0.185. The predicted octanol–water partition coefficient (Wildman–Crippen LogP) is 3.41. The Bertz CT molecular complexity index is 719. The van der Waals surface area contributed by atoms with Crippen molar-refractivity contribution in [2.75, 3.05) is 20.8 Å². The standard InChI is InChI=1S/C17H19NO3/c1-17(2)10-21-16(18-17)14-7-5-11-9-12(19-3)6-8-13(11)15(14)20-4/h5-9H,10H2,1-4H3. The highest BCUT2D eigenvalue weighted by Crippen LogP contribution is 2.34. The summed E-state index contributed by atoms with van der Waals surface area (Å²) < 4.78 is 16.6. The summed E-state index contributed by atoms with van der Waals surface area (Å²) in [6.07, 6.45) is 0. The fraction of sp³-hybridized carbons (Fsp3) is 0.353. The quantitative estimate of drug-likeness (QED) is 0.867. The van der Waals surface area contributed by atoms with Crippen LogP contribution in [-0.2, 0) is 4.74 Å². The molecule has 0 unspecified atom stereocenters. The zero-order valence-corrected chi connectivity index (χ0v) is 12.8. The van der Waals surface area contributed by atoms with E-state index >= 15 is 0 Å². The molecule has 1 aliphatic rings. The van der Waals surface area contributed by atoms with Gasteiger partial charge in [-0.25, -0.2) is 4.99 Å². The first-order chi connectivity index (χ1) is 10.0. The first-order valence-electron chi connectivity index (χ1n) is 6.92. The van der Waals surface area contributed by atoms with Crippen LogP contribution >= 0.6 is 0 Å². The molecule has 0 N–H and O–H groups in total. The zero-order valence-electron chi connectivity index (χ0n) is 12.8. The molecule has 1 heterocycles. The molecule has 2 aromatic carbocycles. The summed E-state index contributed by atoms with van der Waals surface area (Å²) in [5, 5.41) is 2.08. The highest BCUT2D eigenvalue weighted by Gasteiger charge is 2.29. The average molecular weight is 285 g/mol. The van der Waals surface area contributed by atoms with Gasteiger partial charge in [-0.1, -0.05) is 6.07 Å². The van der Waals surface area contributed by atoms with Crippen molar-refractivity contribution in [3.8, 4) is 11.5 Å². The van der Waals surface area contributed by atoms with Gasteiger partial charge in [-0.3, -0.25) is 0 Å². The number of ether oxygens (including phenoxy) is 3. The van der Waals surface area contributed by atoms with Crippen LogP contribution in [0, 0.1) is 0 Å². The van der Waals surface area contributed by atoms with Crippen molar-refractivity contribution >= 4 is 16.7 Å². The molecule has 3 rings (SSSR count). The van der Waals surface area contributed by atoms with Crippen LogP contribution in [0.3, 0.4) is 0 Å². The summed E-state index contributed by atoms with van der Waals surface area (Å²) in [5.74, 6) is 2.26. The van der Waals surface area contributed by atoms with Crippen LogP contribution in [-0.4, -0.2) is 32.3 Å². The van der Waals surface area contributed by atoms with Gasteiger partial charge in [-0.2, -0.15) is 0 Å². The van der Waals surface area contributed by atoms with E-state index < -0.39 is 0 Å². The Morgan fingerprint density at radius 2 is 1.90 bits per heavy atom. The van der Waals surface area contributed by atoms with E-state index in [0.29, 0.717) is 12.5 Å². The molecule has 0 fully saturated rings. The monoisotopic (exact) mass is 285 g/mol. The first-order valence-corrected chi connectivity index (χ1v) is 6.92. The lowest BCUT2D eigenvalue weighted by Crippen LogP contribution is -2.17. The van der Waals surface area contributed by atoms with Crippen LogP contribution in [0.1, 0.15) is 19.4 Å². The molecule has 0 saturated carbocycles. The van der Waals surface area contributed by atoms with Crippen LogP contribution in [0.25, 0.3) is 10.8 Å². The minimum Gasteiger partial charge on any atom is -0.497 e. The van der Waals surface area contributed by atoms with E-state index in [0.717, 1.165) is 27.8 Å². The fourth-order valence-corrected chi connectivity index (χ4v) is 2.52. The number of benzene rings is 2. The smallest absolute Gasteiger partial charge is 0.220 e. The Balaban J connectivity index is 2.17. The summed E-state index contributed by atoms with van der Waals surface area (Å²) in [7, 11) is 3.33. The summed E-state index contributed by atoms with van der Waals surface area (Å²) >= 11 is 0. The normalized spacial score (nSPS) is 16.5. The van der Waals surface area contributed by atoms with E-state index in [1.807, 2.05) is 30.3 Å².